The number of nitrogen functional groups attached to an aromatic ring is 1. The van der Waals surface area contributed by atoms with Crippen molar-refractivity contribution in [3.05, 3.63) is 11.5 Å². The van der Waals surface area contributed by atoms with Gasteiger partial charge < -0.3 is 15.0 Å². The van der Waals surface area contributed by atoms with Crippen molar-refractivity contribution in [3.8, 4) is 0 Å². The molecule has 0 atom stereocenters. The van der Waals surface area contributed by atoms with Crippen LogP contribution in [0.3, 0.4) is 0 Å². The molecule has 1 aromatic rings. The average Bonchev–Trinajstić information content (AvgIpc) is 3.13. The summed E-state index contributed by atoms with van der Waals surface area (Å²) in [6, 6.07) is 0. The van der Waals surface area contributed by atoms with Crippen molar-refractivity contribution in [1.82, 2.24) is 9.55 Å². The predicted molar refractivity (Wildman–Crippen MR) is 76.4 cm³/mol. The summed E-state index contributed by atoms with van der Waals surface area (Å²) in [7, 11) is 0. The van der Waals surface area contributed by atoms with Crippen molar-refractivity contribution in [2.45, 2.75) is 63.8 Å². The third-order valence-electron chi connectivity index (χ3n) is 4.19. The molecule has 106 valence electrons. The lowest BCUT2D eigenvalue weighted by Gasteiger charge is -2.26. The minimum Gasteiger partial charge on any atom is -0.384 e. The summed E-state index contributed by atoms with van der Waals surface area (Å²) in [5.74, 6) is 3.22. The first kappa shape index (κ1) is 13.0. The van der Waals surface area contributed by atoms with Crippen molar-refractivity contribution in [2.75, 3.05) is 18.9 Å². The maximum Gasteiger partial charge on any atom is 0.127 e. The molecule has 0 spiro atoms. The van der Waals surface area contributed by atoms with Crippen LogP contribution in [0.25, 0.3) is 0 Å². The van der Waals surface area contributed by atoms with Crippen LogP contribution in [0.4, 0.5) is 5.82 Å². The molecule has 1 saturated heterocycles. The number of anilines is 1. The normalized spacial score (nSPS) is 21.8. The van der Waals surface area contributed by atoms with Crippen LogP contribution in [0.1, 0.15) is 69.8 Å². The van der Waals surface area contributed by atoms with Crippen LogP contribution < -0.4 is 5.73 Å². The Morgan fingerprint density at radius 2 is 1.74 bits per heavy atom. The van der Waals surface area contributed by atoms with Gasteiger partial charge in [0.1, 0.15) is 11.6 Å². The Morgan fingerprint density at radius 1 is 1.11 bits per heavy atom. The topological polar surface area (TPSA) is 53.1 Å². The van der Waals surface area contributed by atoms with Crippen molar-refractivity contribution in [1.29, 1.82) is 0 Å². The molecule has 0 radical (unpaired) electrons. The Morgan fingerprint density at radius 3 is 2.26 bits per heavy atom. The van der Waals surface area contributed by atoms with Gasteiger partial charge >= 0.3 is 0 Å². The fourth-order valence-corrected chi connectivity index (χ4v) is 3.06. The van der Waals surface area contributed by atoms with Gasteiger partial charge in [-0.25, -0.2) is 4.98 Å². The molecule has 4 heteroatoms. The molecule has 2 N–H and O–H groups in total. The van der Waals surface area contributed by atoms with Crippen LogP contribution in [-0.2, 0) is 10.3 Å². The third kappa shape index (κ3) is 2.38. The molecule has 19 heavy (non-hydrogen) atoms. The summed E-state index contributed by atoms with van der Waals surface area (Å²) in [6.07, 6.45) is 4.63. The highest BCUT2D eigenvalue weighted by Gasteiger charge is 2.35. The number of hydrogen-bond acceptors (Lipinski definition) is 3. The van der Waals surface area contributed by atoms with Crippen LogP contribution in [0.5, 0.6) is 0 Å². The minimum atomic E-state index is 0.0123. The molecule has 4 nitrogen and oxygen atoms in total. The van der Waals surface area contributed by atoms with Gasteiger partial charge in [-0.05, 0) is 46.5 Å². The van der Waals surface area contributed by atoms with E-state index < -0.39 is 0 Å². The molecule has 0 amide bonds. The second-order valence-electron chi connectivity index (χ2n) is 6.91. The zero-order chi connectivity index (χ0) is 13.6. The summed E-state index contributed by atoms with van der Waals surface area (Å²) >= 11 is 0. The first-order valence-corrected chi connectivity index (χ1v) is 7.44. The molecule has 0 unspecified atom stereocenters. The Bertz CT molecular complexity index is 462. The summed E-state index contributed by atoms with van der Waals surface area (Å²) in [5, 5.41) is 0. The number of rotatable bonds is 2. The van der Waals surface area contributed by atoms with Gasteiger partial charge in [0.15, 0.2) is 0 Å². The van der Waals surface area contributed by atoms with E-state index in [2.05, 4.69) is 25.3 Å². The smallest absolute Gasteiger partial charge is 0.127 e. The molecule has 3 rings (SSSR count). The maximum absolute atomic E-state index is 6.45. The molecular formula is C15H25N3O. The van der Waals surface area contributed by atoms with E-state index in [0.29, 0.717) is 11.8 Å². The molecular weight excluding hydrogens is 238 g/mol. The maximum atomic E-state index is 6.45. The van der Waals surface area contributed by atoms with E-state index in [9.17, 15) is 0 Å². The van der Waals surface area contributed by atoms with E-state index in [4.69, 9.17) is 15.5 Å². The highest BCUT2D eigenvalue weighted by atomic mass is 16.5. The first-order valence-electron chi connectivity index (χ1n) is 7.44. The zero-order valence-corrected chi connectivity index (χ0v) is 12.3. The highest BCUT2D eigenvalue weighted by molar-refractivity contribution is 5.43. The predicted octanol–water partition coefficient (Wildman–Crippen LogP) is 2.99. The molecule has 2 heterocycles. The summed E-state index contributed by atoms with van der Waals surface area (Å²) in [6.45, 7) is 8.32. The lowest BCUT2D eigenvalue weighted by molar-refractivity contribution is 0.0847. The Balaban J connectivity index is 2.01. The monoisotopic (exact) mass is 263 g/mol. The second kappa shape index (κ2) is 4.51. The summed E-state index contributed by atoms with van der Waals surface area (Å²) in [4.78, 5) is 4.94. The SMILES string of the molecule is CC(C)(C)n1c(C2CC2)nc(C2CCOCC2)c1N. The molecule has 0 aromatic carbocycles. The zero-order valence-electron chi connectivity index (χ0n) is 12.3. The fraction of sp³-hybridized carbons (Fsp3) is 0.800. The van der Waals surface area contributed by atoms with Gasteiger partial charge in [-0.1, -0.05) is 0 Å². The summed E-state index contributed by atoms with van der Waals surface area (Å²) < 4.78 is 7.72. The standard InChI is InChI=1S/C15H25N3O/c1-15(2,3)18-13(16)12(10-6-8-19-9-7-10)17-14(18)11-4-5-11/h10-11H,4-9,16H2,1-3H3. The Labute approximate surface area is 115 Å². The van der Waals surface area contributed by atoms with Crippen molar-refractivity contribution >= 4 is 5.82 Å². The van der Waals surface area contributed by atoms with Gasteiger partial charge in [-0.3, -0.25) is 0 Å². The van der Waals surface area contributed by atoms with E-state index in [-0.39, 0.29) is 5.54 Å². The van der Waals surface area contributed by atoms with Crippen LogP contribution in [-0.4, -0.2) is 22.8 Å². The van der Waals surface area contributed by atoms with Gasteiger partial charge in [0.25, 0.3) is 0 Å². The van der Waals surface area contributed by atoms with Crippen LogP contribution in [0.15, 0.2) is 0 Å². The van der Waals surface area contributed by atoms with Gasteiger partial charge in [0, 0.05) is 30.6 Å². The van der Waals surface area contributed by atoms with Gasteiger partial charge in [0.2, 0.25) is 0 Å². The van der Waals surface area contributed by atoms with Crippen LogP contribution in [0, 0.1) is 0 Å². The molecule has 1 aliphatic heterocycles. The number of nitrogens with zero attached hydrogens (tertiary/aromatic N) is 2. The van der Waals surface area contributed by atoms with E-state index in [1.54, 1.807) is 0 Å². The van der Waals surface area contributed by atoms with E-state index in [1.165, 1.54) is 18.7 Å². The Hall–Kier alpha value is -1.03. The summed E-state index contributed by atoms with van der Waals surface area (Å²) in [5.41, 5.74) is 7.58. The molecule has 1 saturated carbocycles. The average molecular weight is 263 g/mol. The number of imidazole rings is 1. The Kier molecular flexibility index (Phi) is 3.08. The molecule has 1 aliphatic carbocycles. The number of nitrogens with two attached hydrogens (primary N) is 1. The largest absolute Gasteiger partial charge is 0.384 e. The molecule has 2 fully saturated rings. The quantitative estimate of drug-likeness (QED) is 0.892. The molecule has 0 bridgehead atoms. The number of ether oxygens (including phenoxy) is 1. The first-order chi connectivity index (χ1) is 8.98. The number of aromatic nitrogens is 2. The molecule has 2 aliphatic rings. The van der Waals surface area contributed by atoms with Crippen molar-refractivity contribution in [2.24, 2.45) is 0 Å². The lowest BCUT2D eigenvalue weighted by Crippen LogP contribution is -2.26. The van der Waals surface area contributed by atoms with E-state index >= 15 is 0 Å². The fourth-order valence-electron chi connectivity index (χ4n) is 3.06. The van der Waals surface area contributed by atoms with Crippen molar-refractivity contribution < 1.29 is 4.74 Å². The van der Waals surface area contributed by atoms with E-state index in [1.807, 2.05) is 0 Å². The van der Waals surface area contributed by atoms with Crippen LogP contribution >= 0.6 is 0 Å². The van der Waals surface area contributed by atoms with Gasteiger partial charge in [0.05, 0.1) is 5.69 Å². The van der Waals surface area contributed by atoms with Gasteiger partial charge in [-0.2, -0.15) is 0 Å². The van der Waals surface area contributed by atoms with E-state index in [0.717, 1.165) is 37.6 Å². The lowest BCUT2D eigenvalue weighted by atomic mass is 9.96. The van der Waals surface area contributed by atoms with Gasteiger partial charge in [-0.15, -0.1) is 0 Å². The molecule has 1 aromatic heterocycles. The number of hydrogen-bond donors (Lipinski definition) is 1. The minimum absolute atomic E-state index is 0.0123. The third-order valence-corrected chi connectivity index (χ3v) is 4.19. The van der Waals surface area contributed by atoms with Crippen LogP contribution in [0.2, 0.25) is 0 Å². The highest BCUT2D eigenvalue weighted by Crippen LogP contribution is 2.44. The van der Waals surface area contributed by atoms with Crippen molar-refractivity contribution in [3.63, 3.8) is 0 Å². The second-order valence-corrected chi connectivity index (χ2v) is 6.91.